The van der Waals surface area contributed by atoms with Crippen molar-refractivity contribution in [2.75, 3.05) is 20.1 Å². The number of benzene rings is 1. The van der Waals surface area contributed by atoms with Crippen LogP contribution in [0.4, 0.5) is 4.39 Å². The smallest absolute Gasteiger partial charge is 0.258 e. The molecule has 0 bridgehead atoms. The first-order valence-electron chi connectivity index (χ1n) is 7.20. The maximum atomic E-state index is 14.4. The Morgan fingerprint density at radius 2 is 2.18 bits per heavy atom. The molecule has 2 aromatic rings. The van der Waals surface area contributed by atoms with Gasteiger partial charge < -0.3 is 9.88 Å². The molecular weight excluding hydrogens is 464 g/mol. The van der Waals surface area contributed by atoms with E-state index in [2.05, 4.69) is 37.8 Å². The number of likely N-dealkylation sites (tertiary alicyclic amines) is 1. The van der Waals surface area contributed by atoms with Gasteiger partial charge in [0.15, 0.2) is 5.82 Å². The Labute approximate surface area is 149 Å². The van der Waals surface area contributed by atoms with Crippen LogP contribution in [0.2, 0.25) is 0 Å². The number of aromatic amines is 1. The second kappa shape index (κ2) is 6.52. The van der Waals surface area contributed by atoms with Crippen molar-refractivity contribution in [3.8, 4) is 0 Å². The fraction of sp³-hybridized carbons (Fsp3) is 0.467. The normalized spacial score (nSPS) is 17.3. The monoisotopic (exact) mass is 479 g/mol. The summed E-state index contributed by atoms with van der Waals surface area (Å²) in [5, 5.41) is 0.303. The first kappa shape index (κ1) is 16.3. The highest BCUT2D eigenvalue weighted by Gasteiger charge is 2.20. The van der Waals surface area contributed by atoms with E-state index >= 15 is 0 Å². The van der Waals surface area contributed by atoms with Gasteiger partial charge in [0.1, 0.15) is 11.3 Å². The maximum Gasteiger partial charge on any atom is 0.258 e. The van der Waals surface area contributed by atoms with Gasteiger partial charge in [-0.3, -0.25) is 4.79 Å². The summed E-state index contributed by atoms with van der Waals surface area (Å²) in [4.78, 5) is 21.7. The van der Waals surface area contributed by atoms with Crippen LogP contribution in [0.15, 0.2) is 15.3 Å². The molecule has 1 aromatic heterocycles. The largest absolute Gasteiger partial charge is 0.310 e. The number of piperidine rings is 1. The number of hydrogen-bond donors (Lipinski definition) is 1. The van der Waals surface area contributed by atoms with Crippen molar-refractivity contribution in [3.05, 3.63) is 36.1 Å². The number of halogens is 3. The molecular formula is C15H16BrFIN3O. The van der Waals surface area contributed by atoms with Gasteiger partial charge in [0.05, 0.1) is 9.86 Å². The number of H-pyrrole nitrogens is 1. The third kappa shape index (κ3) is 3.21. The molecule has 0 amide bonds. The molecule has 3 rings (SSSR count). The van der Waals surface area contributed by atoms with Crippen LogP contribution in [0.25, 0.3) is 10.9 Å². The second-order valence-corrected chi connectivity index (χ2v) is 7.80. The van der Waals surface area contributed by atoms with Gasteiger partial charge in [-0.2, -0.15) is 0 Å². The zero-order valence-corrected chi connectivity index (χ0v) is 15.9. The predicted molar refractivity (Wildman–Crippen MR) is 96.7 cm³/mol. The lowest BCUT2D eigenvalue weighted by Gasteiger charge is -2.28. The summed E-state index contributed by atoms with van der Waals surface area (Å²) in [6.07, 6.45) is 2.86. The highest BCUT2D eigenvalue weighted by molar-refractivity contribution is 14.1. The zero-order chi connectivity index (χ0) is 15.9. The minimum atomic E-state index is -0.461. The second-order valence-electron chi connectivity index (χ2n) is 5.85. The van der Waals surface area contributed by atoms with Gasteiger partial charge in [0.25, 0.3) is 5.56 Å². The van der Waals surface area contributed by atoms with Crippen molar-refractivity contribution in [2.45, 2.75) is 19.3 Å². The van der Waals surface area contributed by atoms with Gasteiger partial charge in [-0.25, -0.2) is 9.37 Å². The van der Waals surface area contributed by atoms with E-state index < -0.39 is 5.82 Å². The summed E-state index contributed by atoms with van der Waals surface area (Å²) in [7, 11) is 2.11. The number of fused-ring (bicyclic) bond motifs is 1. The van der Waals surface area contributed by atoms with Gasteiger partial charge in [-0.05, 0) is 83.5 Å². The van der Waals surface area contributed by atoms with E-state index in [0.29, 0.717) is 31.6 Å². The van der Waals surface area contributed by atoms with Gasteiger partial charge in [0, 0.05) is 9.99 Å². The molecule has 22 heavy (non-hydrogen) atoms. The Balaban J connectivity index is 1.97. The average Bonchev–Trinajstić information content (AvgIpc) is 2.49. The molecule has 118 valence electrons. The van der Waals surface area contributed by atoms with Gasteiger partial charge >= 0.3 is 0 Å². The molecule has 2 heterocycles. The molecule has 4 nitrogen and oxygen atoms in total. The highest BCUT2D eigenvalue weighted by Crippen LogP contribution is 2.28. The minimum Gasteiger partial charge on any atom is -0.310 e. The molecule has 0 saturated carbocycles. The summed E-state index contributed by atoms with van der Waals surface area (Å²) in [5.74, 6) is 0.615. The van der Waals surface area contributed by atoms with Crippen molar-refractivity contribution in [1.29, 1.82) is 0 Å². The van der Waals surface area contributed by atoms with E-state index in [1.54, 1.807) is 6.07 Å². The average molecular weight is 480 g/mol. The molecule has 0 radical (unpaired) electrons. The molecule has 1 fully saturated rings. The Morgan fingerprint density at radius 1 is 1.50 bits per heavy atom. The van der Waals surface area contributed by atoms with Gasteiger partial charge in [-0.1, -0.05) is 0 Å². The van der Waals surface area contributed by atoms with Gasteiger partial charge in [-0.15, -0.1) is 0 Å². The number of aromatic nitrogens is 2. The summed E-state index contributed by atoms with van der Waals surface area (Å²) < 4.78 is 15.4. The van der Waals surface area contributed by atoms with E-state index in [-0.39, 0.29) is 11.1 Å². The number of hydrogen-bond acceptors (Lipinski definition) is 3. The summed E-state index contributed by atoms with van der Waals surface area (Å²) >= 11 is 5.21. The first-order chi connectivity index (χ1) is 10.5. The molecule has 0 aliphatic carbocycles. The van der Waals surface area contributed by atoms with E-state index in [9.17, 15) is 9.18 Å². The van der Waals surface area contributed by atoms with Crippen LogP contribution in [0.5, 0.6) is 0 Å². The number of nitrogens with one attached hydrogen (secondary N) is 1. The Morgan fingerprint density at radius 3 is 2.86 bits per heavy atom. The molecule has 1 aliphatic heterocycles. The SMILES string of the molecule is CN1CCC(Cc2nc3c(F)c(Br)c(I)cc3c(=O)[nH]2)CC1. The van der Waals surface area contributed by atoms with E-state index in [1.165, 1.54) is 0 Å². The Hall–Kier alpha value is -0.540. The molecule has 0 unspecified atom stereocenters. The molecule has 7 heteroatoms. The molecule has 1 aliphatic rings. The number of rotatable bonds is 2. The van der Waals surface area contributed by atoms with Crippen LogP contribution < -0.4 is 5.56 Å². The van der Waals surface area contributed by atoms with Crippen LogP contribution in [0.1, 0.15) is 18.7 Å². The third-order valence-electron chi connectivity index (χ3n) is 4.21. The Kier molecular flexibility index (Phi) is 4.84. The van der Waals surface area contributed by atoms with Crippen LogP contribution in [0, 0.1) is 15.3 Å². The van der Waals surface area contributed by atoms with E-state index in [0.717, 1.165) is 25.9 Å². The van der Waals surface area contributed by atoms with Crippen molar-refractivity contribution in [3.63, 3.8) is 0 Å². The molecule has 1 saturated heterocycles. The van der Waals surface area contributed by atoms with E-state index in [4.69, 9.17) is 0 Å². The number of nitrogens with zero attached hydrogens (tertiary/aromatic N) is 2. The van der Waals surface area contributed by atoms with Crippen molar-refractivity contribution < 1.29 is 4.39 Å². The molecule has 1 aromatic carbocycles. The maximum absolute atomic E-state index is 14.4. The lowest BCUT2D eigenvalue weighted by molar-refractivity contribution is 0.217. The third-order valence-corrected chi connectivity index (χ3v) is 6.57. The fourth-order valence-corrected chi connectivity index (χ4v) is 3.72. The lowest BCUT2D eigenvalue weighted by atomic mass is 9.93. The highest BCUT2D eigenvalue weighted by atomic mass is 127. The van der Waals surface area contributed by atoms with E-state index in [1.807, 2.05) is 22.6 Å². The fourth-order valence-electron chi connectivity index (χ4n) is 2.87. The van der Waals surface area contributed by atoms with Crippen LogP contribution >= 0.6 is 38.5 Å². The molecule has 0 atom stereocenters. The minimum absolute atomic E-state index is 0.152. The summed E-state index contributed by atoms with van der Waals surface area (Å²) in [5.41, 5.74) is -0.115. The standard InChI is InChI=1S/C15H16BrFIN3O/c1-21-4-2-8(3-5-21)6-11-19-14-9(15(22)20-11)7-10(18)12(16)13(14)17/h7-8H,2-6H2,1H3,(H,19,20,22). The van der Waals surface area contributed by atoms with Crippen molar-refractivity contribution in [2.24, 2.45) is 5.92 Å². The van der Waals surface area contributed by atoms with Gasteiger partial charge in [0.2, 0.25) is 0 Å². The Bertz CT molecular complexity index is 771. The van der Waals surface area contributed by atoms with Crippen LogP contribution in [-0.4, -0.2) is 35.0 Å². The topological polar surface area (TPSA) is 49.0 Å². The quantitative estimate of drug-likeness (QED) is 0.531. The zero-order valence-electron chi connectivity index (χ0n) is 12.1. The lowest BCUT2D eigenvalue weighted by Crippen LogP contribution is -2.31. The molecule has 0 spiro atoms. The first-order valence-corrected chi connectivity index (χ1v) is 9.08. The summed E-state index contributed by atoms with van der Waals surface area (Å²) in [6, 6.07) is 1.66. The van der Waals surface area contributed by atoms with Crippen LogP contribution in [-0.2, 0) is 6.42 Å². The van der Waals surface area contributed by atoms with Crippen LogP contribution in [0.3, 0.4) is 0 Å². The summed E-state index contributed by atoms with van der Waals surface area (Å²) in [6.45, 7) is 2.11. The molecule has 1 N–H and O–H groups in total. The van der Waals surface area contributed by atoms with Crippen molar-refractivity contribution >= 4 is 49.4 Å². The predicted octanol–water partition coefficient (Wildman–Crippen LogP) is 3.31. The van der Waals surface area contributed by atoms with Crippen molar-refractivity contribution in [1.82, 2.24) is 14.9 Å².